The normalized spacial score (nSPS) is 16.4. The van der Waals surface area contributed by atoms with E-state index < -0.39 is 0 Å². The van der Waals surface area contributed by atoms with Gasteiger partial charge in [0, 0.05) is 12.0 Å². The topological polar surface area (TPSA) is 59.6 Å². The van der Waals surface area contributed by atoms with E-state index in [2.05, 4.69) is 49.3 Å². The van der Waals surface area contributed by atoms with E-state index >= 15 is 0 Å². The van der Waals surface area contributed by atoms with E-state index in [0.717, 1.165) is 17.7 Å². The van der Waals surface area contributed by atoms with Crippen molar-refractivity contribution in [1.29, 1.82) is 0 Å². The second-order valence-electron chi connectivity index (χ2n) is 6.45. The van der Waals surface area contributed by atoms with Crippen molar-refractivity contribution in [2.24, 2.45) is 10.7 Å². The van der Waals surface area contributed by atoms with Crippen LogP contribution in [0.5, 0.6) is 5.75 Å². The molecule has 0 spiro atoms. The van der Waals surface area contributed by atoms with Gasteiger partial charge in [-0.15, -0.1) is 24.0 Å². The molecule has 25 heavy (non-hydrogen) atoms. The summed E-state index contributed by atoms with van der Waals surface area (Å²) < 4.78 is 5.69. The first-order chi connectivity index (χ1) is 11.5. The van der Waals surface area contributed by atoms with E-state index in [1.54, 1.807) is 0 Å². The monoisotopic (exact) mass is 451 g/mol. The summed E-state index contributed by atoms with van der Waals surface area (Å²) in [4.78, 5) is 4.56. The number of para-hydroxylation sites is 1. The summed E-state index contributed by atoms with van der Waals surface area (Å²) in [6, 6.07) is 12.6. The van der Waals surface area contributed by atoms with E-state index in [0.29, 0.717) is 19.1 Å². The molecule has 134 valence electrons. The average molecular weight is 451 g/mol. The molecule has 0 amide bonds. The van der Waals surface area contributed by atoms with E-state index in [4.69, 9.17) is 10.5 Å². The third kappa shape index (κ3) is 4.66. The molecule has 0 aliphatic carbocycles. The number of nitrogens with two attached hydrogens (primary N) is 1. The maximum Gasteiger partial charge on any atom is 0.189 e. The molecule has 0 saturated heterocycles. The zero-order chi connectivity index (χ0) is 17.1. The minimum atomic E-state index is 0. The summed E-state index contributed by atoms with van der Waals surface area (Å²) in [5, 5.41) is 3.34. The summed E-state index contributed by atoms with van der Waals surface area (Å²) in [6.45, 7) is 7.66. The lowest BCUT2D eigenvalue weighted by Gasteiger charge is -2.27. The van der Waals surface area contributed by atoms with Crippen molar-refractivity contribution in [3.8, 4) is 5.75 Å². The van der Waals surface area contributed by atoms with Crippen LogP contribution in [-0.4, -0.2) is 12.6 Å². The molecule has 4 nitrogen and oxygen atoms in total. The van der Waals surface area contributed by atoms with Crippen molar-refractivity contribution in [1.82, 2.24) is 5.32 Å². The van der Waals surface area contributed by atoms with E-state index in [9.17, 15) is 0 Å². The number of halogens is 1. The van der Waals surface area contributed by atoms with Gasteiger partial charge in [0.15, 0.2) is 5.96 Å². The van der Waals surface area contributed by atoms with Gasteiger partial charge in [0.2, 0.25) is 0 Å². The summed E-state index contributed by atoms with van der Waals surface area (Å²) in [7, 11) is 0. The Hall–Kier alpha value is -1.76. The molecular formula is C20H26IN3O. The van der Waals surface area contributed by atoms with Gasteiger partial charge in [0.25, 0.3) is 0 Å². The quantitative estimate of drug-likeness (QED) is 0.419. The Morgan fingerprint density at radius 1 is 1.20 bits per heavy atom. The number of nitrogens with one attached hydrogen (secondary N) is 1. The second kappa shape index (κ2) is 8.56. The van der Waals surface area contributed by atoms with Crippen LogP contribution in [0.3, 0.4) is 0 Å². The first-order valence-corrected chi connectivity index (χ1v) is 8.39. The SMILES string of the molecule is Cc1cc(C)c(CN=C(N)NC2CCOc3ccccc32)c(C)c1.I. The largest absolute Gasteiger partial charge is 0.493 e. The van der Waals surface area contributed by atoms with Crippen molar-refractivity contribution >= 4 is 29.9 Å². The number of hydrogen-bond donors (Lipinski definition) is 2. The second-order valence-corrected chi connectivity index (χ2v) is 6.45. The fourth-order valence-corrected chi connectivity index (χ4v) is 3.34. The number of hydrogen-bond acceptors (Lipinski definition) is 2. The molecule has 1 heterocycles. The molecule has 0 radical (unpaired) electrons. The third-order valence-corrected chi connectivity index (χ3v) is 4.53. The van der Waals surface area contributed by atoms with Crippen LogP contribution in [-0.2, 0) is 6.54 Å². The first kappa shape index (κ1) is 19.6. The molecule has 5 heteroatoms. The number of guanidine groups is 1. The van der Waals surface area contributed by atoms with Crippen LogP contribution < -0.4 is 15.8 Å². The molecule has 1 unspecified atom stereocenters. The number of rotatable bonds is 3. The highest BCUT2D eigenvalue weighted by Crippen LogP contribution is 2.31. The Balaban J connectivity index is 0.00000225. The summed E-state index contributed by atoms with van der Waals surface area (Å²) >= 11 is 0. The highest BCUT2D eigenvalue weighted by atomic mass is 127. The Morgan fingerprint density at radius 2 is 1.88 bits per heavy atom. The zero-order valence-electron chi connectivity index (χ0n) is 15.0. The van der Waals surface area contributed by atoms with Gasteiger partial charge < -0.3 is 15.8 Å². The molecule has 0 bridgehead atoms. The summed E-state index contributed by atoms with van der Waals surface area (Å²) in [6.07, 6.45) is 0.885. The maximum absolute atomic E-state index is 6.14. The van der Waals surface area contributed by atoms with Gasteiger partial charge in [0.1, 0.15) is 5.75 Å². The molecule has 0 fully saturated rings. The number of aryl methyl sites for hydroxylation is 3. The molecule has 3 rings (SSSR count). The highest BCUT2D eigenvalue weighted by molar-refractivity contribution is 14.0. The average Bonchev–Trinajstić information content (AvgIpc) is 2.54. The van der Waals surface area contributed by atoms with Gasteiger partial charge in [-0.3, -0.25) is 0 Å². The van der Waals surface area contributed by atoms with Crippen molar-refractivity contribution in [3.63, 3.8) is 0 Å². The van der Waals surface area contributed by atoms with Crippen molar-refractivity contribution in [2.45, 2.75) is 39.8 Å². The standard InChI is InChI=1S/C20H25N3O.HI/c1-13-10-14(2)17(15(3)11-13)12-22-20(21)23-18-8-9-24-19-7-5-4-6-16(18)19;/h4-7,10-11,18H,8-9,12H2,1-3H3,(H3,21,22,23);1H. The van der Waals surface area contributed by atoms with Gasteiger partial charge in [0.05, 0.1) is 19.2 Å². The minimum absolute atomic E-state index is 0. The first-order valence-electron chi connectivity index (χ1n) is 8.39. The molecule has 3 N–H and O–H groups in total. The Morgan fingerprint density at radius 3 is 2.60 bits per heavy atom. The van der Waals surface area contributed by atoms with Crippen LogP contribution in [0.2, 0.25) is 0 Å². The van der Waals surface area contributed by atoms with Crippen molar-refractivity contribution in [3.05, 3.63) is 64.2 Å². The molecule has 1 aliphatic rings. The van der Waals surface area contributed by atoms with Crippen LogP contribution in [0.4, 0.5) is 0 Å². The van der Waals surface area contributed by atoms with Crippen LogP contribution in [0.1, 0.15) is 40.3 Å². The number of nitrogens with zero attached hydrogens (tertiary/aromatic N) is 1. The summed E-state index contributed by atoms with van der Waals surface area (Å²) in [5.74, 6) is 1.41. The number of benzene rings is 2. The van der Waals surface area contributed by atoms with E-state index in [-0.39, 0.29) is 30.0 Å². The third-order valence-electron chi connectivity index (χ3n) is 4.53. The molecule has 1 aliphatic heterocycles. The van der Waals surface area contributed by atoms with E-state index in [1.807, 2.05) is 18.2 Å². The molecule has 2 aromatic rings. The Bertz CT molecular complexity index is 750. The van der Waals surface area contributed by atoms with Gasteiger partial charge >= 0.3 is 0 Å². The lowest BCUT2D eigenvalue weighted by molar-refractivity contribution is 0.262. The predicted octanol–water partition coefficient (Wildman–Crippen LogP) is 4.16. The van der Waals surface area contributed by atoms with Gasteiger partial charge in [-0.1, -0.05) is 35.9 Å². The van der Waals surface area contributed by atoms with Gasteiger partial charge in [-0.2, -0.15) is 0 Å². The molecule has 2 aromatic carbocycles. The van der Waals surface area contributed by atoms with Crippen LogP contribution in [0.15, 0.2) is 41.4 Å². The van der Waals surface area contributed by atoms with Crippen LogP contribution in [0, 0.1) is 20.8 Å². The highest BCUT2D eigenvalue weighted by Gasteiger charge is 2.21. The lowest BCUT2D eigenvalue weighted by atomic mass is 10.00. The minimum Gasteiger partial charge on any atom is -0.493 e. The van der Waals surface area contributed by atoms with Gasteiger partial charge in [-0.25, -0.2) is 4.99 Å². The van der Waals surface area contributed by atoms with Crippen LogP contribution in [0.25, 0.3) is 0 Å². The molecular weight excluding hydrogens is 425 g/mol. The fourth-order valence-electron chi connectivity index (χ4n) is 3.34. The molecule has 1 atom stereocenters. The molecule has 0 aromatic heterocycles. The maximum atomic E-state index is 6.14. The van der Waals surface area contributed by atoms with Crippen molar-refractivity contribution in [2.75, 3.05) is 6.61 Å². The summed E-state index contributed by atoms with van der Waals surface area (Å²) in [5.41, 5.74) is 12.3. The van der Waals surface area contributed by atoms with E-state index in [1.165, 1.54) is 22.3 Å². The predicted molar refractivity (Wildman–Crippen MR) is 114 cm³/mol. The lowest BCUT2D eigenvalue weighted by Crippen LogP contribution is -2.37. The Kier molecular flexibility index (Phi) is 6.70. The fraction of sp³-hybridized carbons (Fsp3) is 0.350. The smallest absolute Gasteiger partial charge is 0.189 e. The van der Waals surface area contributed by atoms with Crippen molar-refractivity contribution < 1.29 is 4.74 Å². The van der Waals surface area contributed by atoms with Gasteiger partial charge in [-0.05, 0) is 43.5 Å². The number of ether oxygens (including phenoxy) is 1. The zero-order valence-corrected chi connectivity index (χ0v) is 17.3. The number of aliphatic imine (C=N–C) groups is 1. The Labute approximate surface area is 166 Å². The van der Waals surface area contributed by atoms with Crippen LogP contribution >= 0.6 is 24.0 Å². The number of fused-ring (bicyclic) bond motifs is 1. The molecule has 0 saturated carbocycles.